The highest BCUT2D eigenvalue weighted by atomic mass is 19.1. The monoisotopic (exact) mass is 541 g/mol. The van der Waals surface area contributed by atoms with Crippen LogP contribution in [0.3, 0.4) is 0 Å². The van der Waals surface area contributed by atoms with Crippen LogP contribution in [-0.2, 0) is 21.5 Å². The number of amides is 1. The van der Waals surface area contributed by atoms with Gasteiger partial charge in [-0.1, -0.05) is 0 Å². The van der Waals surface area contributed by atoms with Gasteiger partial charge in [0.2, 0.25) is 5.91 Å². The molecule has 9 nitrogen and oxygen atoms in total. The van der Waals surface area contributed by atoms with Crippen molar-refractivity contribution < 1.29 is 27.8 Å². The van der Waals surface area contributed by atoms with Gasteiger partial charge in [0.25, 0.3) is 0 Å². The molecular weight excluding hydrogens is 508 g/mol. The van der Waals surface area contributed by atoms with Crippen LogP contribution in [0.5, 0.6) is 11.5 Å². The summed E-state index contributed by atoms with van der Waals surface area (Å²) in [7, 11) is 2.54. The van der Waals surface area contributed by atoms with E-state index in [9.17, 15) is 4.79 Å². The van der Waals surface area contributed by atoms with Gasteiger partial charge in [0.15, 0.2) is 23.1 Å². The first kappa shape index (κ1) is 27.0. The highest BCUT2D eigenvalue weighted by Crippen LogP contribution is 2.55. The number of nitrogens with one attached hydrogen (secondary N) is 2. The molecular formula is C28H33F2N5O4. The predicted octanol–water partition coefficient (Wildman–Crippen LogP) is 3.26. The number of allylic oxidation sites excluding steroid dienone is 1. The van der Waals surface area contributed by atoms with Crippen molar-refractivity contribution in [3.05, 3.63) is 53.0 Å². The number of carbonyl (C=O) groups is 1. The quantitative estimate of drug-likeness (QED) is 0.352. The van der Waals surface area contributed by atoms with E-state index in [1.165, 1.54) is 20.4 Å². The number of methoxy groups -OCH3 is 2. The second-order valence-corrected chi connectivity index (χ2v) is 9.96. The van der Waals surface area contributed by atoms with Crippen molar-refractivity contribution in [2.24, 2.45) is 0 Å². The van der Waals surface area contributed by atoms with Crippen LogP contribution in [0, 0.1) is 17.0 Å². The van der Waals surface area contributed by atoms with E-state index < -0.39 is 22.7 Å². The van der Waals surface area contributed by atoms with Gasteiger partial charge in [0.05, 0.1) is 45.1 Å². The Kier molecular flexibility index (Phi) is 7.81. The molecule has 0 radical (unpaired) electrons. The van der Waals surface area contributed by atoms with Crippen molar-refractivity contribution in [2.45, 2.75) is 31.2 Å². The molecule has 1 aromatic carbocycles. The number of halogens is 2. The number of aromatic nitrogens is 1. The Bertz CT molecular complexity index is 1260. The largest absolute Gasteiger partial charge is 0.493 e. The lowest BCUT2D eigenvalue weighted by atomic mass is 9.86. The average molecular weight is 542 g/mol. The summed E-state index contributed by atoms with van der Waals surface area (Å²) in [5, 5.41) is 11.2. The molecule has 1 aliphatic carbocycles. The molecule has 1 amide bonds. The molecule has 2 aromatic rings. The van der Waals surface area contributed by atoms with Gasteiger partial charge in [0.1, 0.15) is 5.69 Å². The number of benzene rings is 1. The number of hydrogen-bond acceptors (Lipinski definition) is 8. The van der Waals surface area contributed by atoms with Gasteiger partial charge in [-0.25, -0.2) is 8.78 Å². The van der Waals surface area contributed by atoms with Gasteiger partial charge in [-0.2, -0.15) is 0 Å². The zero-order chi connectivity index (χ0) is 27.6. The van der Waals surface area contributed by atoms with Gasteiger partial charge in [-0.15, -0.1) is 0 Å². The molecule has 2 aliphatic heterocycles. The Labute approximate surface area is 226 Å². The molecule has 39 heavy (non-hydrogen) atoms. The second-order valence-electron chi connectivity index (χ2n) is 9.96. The van der Waals surface area contributed by atoms with E-state index in [-0.39, 0.29) is 24.0 Å². The minimum Gasteiger partial charge on any atom is -0.493 e. The Balaban J connectivity index is 1.37. The molecule has 208 valence electrons. The highest BCUT2D eigenvalue weighted by molar-refractivity contribution is 6.08. The van der Waals surface area contributed by atoms with E-state index in [1.807, 2.05) is 6.07 Å². The second kappa shape index (κ2) is 11.3. The van der Waals surface area contributed by atoms with Gasteiger partial charge >= 0.3 is 0 Å². The van der Waals surface area contributed by atoms with E-state index in [4.69, 9.17) is 19.6 Å². The van der Waals surface area contributed by atoms with Crippen LogP contribution in [0.1, 0.15) is 36.1 Å². The van der Waals surface area contributed by atoms with Crippen LogP contribution in [-0.4, -0.2) is 75.6 Å². The lowest BCUT2D eigenvalue weighted by molar-refractivity contribution is -0.121. The van der Waals surface area contributed by atoms with Crippen LogP contribution >= 0.6 is 0 Å². The molecule has 0 atom stereocenters. The normalized spacial score (nSPS) is 18.6. The number of fused-ring (bicyclic) bond motifs is 2. The Hall–Kier alpha value is -3.57. The van der Waals surface area contributed by atoms with Gasteiger partial charge < -0.3 is 29.8 Å². The number of hydrogen-bond donors (Lipinski definition) is 2. The smallest absolute Gasteiger partial charge is 0.238 e. The minimum atomic E-state index is -0.957. The van der Waals surface area contributed by atoms with Crippen LogP contribution < -0.4 is 19.7 Å². The first-order chi connectivity index (χ1) is 18.9. The van der Waals surface area contributed by atoms with E-state index in [2.05, 4.69) is 15.2 Å². The standard InChI is InChI=1S/C28H33F2N5O4/c1-37-22-13-23(38-2)25(30)26(24(22)29)35-17-19-16-33-21(12-20(19)28(4-5-28)27(35)36)18(14-31)15-32-6-3-7-34-8-10-39-11-9-34/h12-16,31-32H,3-11,17H2,1-2H3/b18-15+,31-14?. The molecule has 11 heteroatoms. The van der Waals surface area contributed by atoms with Crippen molar-refractivity contribution >= 4 is 23.4 Å². The Morgan fingerprint density at radius 3 is 2.49 bits per heavy atom. The molecule has 1 spiro atoms. The maximum atomic E-state index is 15.3. The minimum absolute atomic E-state index is 0.0449. The molecule has 1 saturated heterocycles. The van der Waals surface area contributed by atoms with Gasteiger partial charge in [-0.3, -0.25) is 14.7 Å². The fraction of sp³-hybridized carbons (Fsp3) is 0.464. The number of anilines is 1. The lowest BCUT2D eigenvalue weighted by Gasteiger charge is -2.35. The summed E-state index contributed by atoms with van der Waals surface area (Å²) < 4.78 is 46.1. The molecule has 0 unspecified atom stereocenters. The molecule has 0 bridgehead atoms. The third-order valence-electron chi connectivity index (χ3n) is 7.66. The molecule has 1 aromatic heterocycles. The number of morpholine rings is 1. The van der Waals surface area contributed by atoms with Crippen molar-refractivity contribution in [1.29, 1.82) is 5.41 Å². The number of carbonyl (C=O) groups excluding carboxylic acids is 1. The fourth-order valence-electron chi connectivity index (χ4n) is 5.33. The first-order valence-electron chi connectivity index (χ1n) is 13.1. The van der Waals surface area contributed by atoms with Crippen LogP contribution in [0.4, 0.5) is 14.5 Å². The lowest BCUT2D eigenvalue weighted by Crippen LogP contribution is -2.45. The molecule has 2 fully saturated rings. The number of ether oxygens (including phenoxy) is 3. The molecule has 3 heterocycles. The number of rotatable bonds is 10. The summed E-state index contributed by atoms with van der Waals surface area (Å²) in [6, 6.07) is 2.96. The van der Waals surface area contributed by atoms with Crippen molar-refractivity contribution in [3.8, 4) is 11.5 Å². The molecule has 5 rings (SSSR count). The Morgan fingerprint density at radius 1 is 1.18 bits per heavy atom. The summed E-state index contributed by atoms with van der Waals surface area (Å²) in [4.78, 5) is 21.7. The summed E-state index contributed by atoms with van der Waals surface area (Å²) in [6.45, 7) is 5.12. The zero-order valence-electron chi connectivity index (χ0n) is 22.2. The zero-order valence-corrected chi connectivity index (χ0v) is 22.2. The maximum absolute atomic E-state index is 15.3. The molecule has 2 N–H and O–H groups in total. The summed E-state index contributed by atoms with van der Waals surface area (Å²) in [5.41, 5.74) is 1.29. The summed E-state index contributed by atoms with van der Waals surface area (Å²) in [5.74, 6) is -2.71. The van der Waals surface area contributed by atoms with Crippen LogP contribution in [0.25, 0.3) is 5.57 Å². The SMILES string of the molecule is COc1cc(OC)c(F)c(N2Cc3cnc(/C(C=N)=C/NCCCN4CCOCC4)cc3C3(CC3)C2=O)c1F. The predicted molar refractivity (Wildman–Crippen MR) is 142 cm³/mol. The number of pyridine rings is 1. The molecule has 1 saturated carbocycles. The van der Waals surface area contributed by atoms with Crippen molar-refractivity contribution in [2.75, 3.05) is 58.5 Å². The van der Waals surface area contributed by atoms with Crippen molar-refractivity contribution in [1.82, 2.24) is 15.2 Å². The maximum Gasteiger partial charge on any atom is 0.238 e. The van der Waals surface area contributed by atoms with E-state index in [0.29, 0.717) is 29.7 Å². The molecule has 3 aliphatic rings. The van der Waals surface area contributed by atoms with Gasteiger partial charge in [-0.05, 0) is 43.0 Å². The topological polar surface area (TPSA) is 100 Å². The van der Waals surface area contributed by atoms with Gasteiger partial charge in [0, 0.05) is 49.9 Å². The Morgan fingerprint density at radius 2 is 1.87 bits per heavy atom. The van der Waals surface area contributed by atoms with Crippen molar-refractivity contribution in [3.63, 3.8) is 0 Å². The number of nitrogens with zero attached hydrogens (tertiary/aromatic N) is 3. The van der Waals surface area contributed by atoms with E-state index >= 15 is 8.78 Å². The summed E-state index contributed by atoms with van der Waals surface area (Å²) >= 11 is 0. The first-order valence-corrected chi connectivity index (χ1v) is 13.1. The highest BCUT2D eigenvalue weighted by Gasteiger charge is 2.57. The third-order valence-corrected chi connectivity index (χ3v) is 7.66. The van der Waals surface area contributed by atoms with E-state index in [0.717, 1.165) is 62.3 Å². The third kappa shape index (κ3) is 5.08. The van der Waals surface area contributed by atoms with Crippen LogP contribution in [0.15, 0.2) is 24.5 Å². The fourth-order valence-corrected chi connectivity index (χ4v) is 5.33. The summed E-state index contributed by atoms with van der Waals surface area (Å²) in [6.07, 6.45) is 6.71. The van der Waals surface area contributed by atoms with Crippen LogP contribution in [0.2, 0.25) is 0 Å². The van der Waals surface area contributed by atoms with E-state index in [1.54, 1.807) is 12.4 Å². The average Bonchev–Trinajstić information content (AvgIpc) is 3.76.